The zero-order valence-corrected chi connectivity index (χ0v) is 13.0. The van der Waals surface area contributed by atoms with Gasteiger partial charge in [0.05, 0.1) is 18.8 Å². The molecule has 8 nitrogen and oxygen atoms in total. The van der Waals surface area contributed by atoms with Crippen LogP contribution in [0.15, 0.2) is 29.4 Å². The maximum Gasteiger partial charge on any atom is 0.257 e. The third kappa shape index (κ3) is 5.45. The van der Waals surface area contributed by atoms with Gasteiger partial charge in [-0.2, -0.15) is 0 Å². The average molecular weight is 319 g/mol. The molecular weight excluding hydrogens is 298 g/mol. The summed E-state index contributed by atoms with van der Waals surface area (Å²) in [5.74, 6) is 0.557. The number of hydrogen-bond acceptors (Lipinski definition) is 5. The van der Waals surface area contributed by atoms with E-state index in [1.165, 1.54) is 0 Å². The Balaban J connectivity index is 1.84. The molecule has 23 heavy (non-hydrogen) atoms. The van der Waals surface area contributed by atoms with Crippen LogP contribution >= 0.6 is 0 Å². The summed E-state index contributed by atoms with van der Waals surface area (Å²) < 4.78 is 10.9. The van der Waals surface area contributed by atoms with Crippen molar-refractivity contribution in [2.45, 2.75) is 0 Å². The van der Waals surface area contributed by atoms with E-state index in [2.05, 4.69) is 15.3 Å². The van der Waals surface area contributed by atoms with E-state index in [4.69, 9.17) is 15.0 Å². The van der Waals surface area contributed by atoms with Crippen molar-refractivity contribution in [1.29, 1.82) is 0 Å². The average Bonchev–Trinajstić information content (AvgIpc) is 2.61. The predicted molar refractivity (Wildman–Crippen MR) is 85.5 cm³/mol. The fourth-order valence-corrected chi connectivity index (χ4v) is 2.27. The van der Waals surface area contributed by atoms with Gasteiger partial charge in [-0.1, -0.05) is 17.2 Å². The maximum absolute atomic E-state index is 12.6. The number of para-hydroxylation sites is 1. The van der Waals surface area contributed by atoms with Crippen LogP contribution in [0, 0.1) is 0 Å². The molecular formula is C15H21N5O3. The zero-order chi connectivity index (χ0) is 16.3. The van der Waals surface area contributed by atoms with Crippen LogP contribution in [-0.4, -0.2) is 63.4 Å². The van der Waals surface area contributed by atoms with Crippen LogP contribution in [0.4, 0.5) is 0 Å². The van der Waals surface area contributed by atoms with Gasteiger partial charge in [-0.3, -0.25) is 4.79 Å². The van der Waals surface area contributed by atoms with Crippen LogP contribution in [0.2, 0.25) is 0 Å². The number of amides is 1. The van der Waals surface area contributed by atoms with E-state index in [-0.39, 0.29) is 5.91 Å². The van der Waals surface area contributed by atoms with Gasteiger partial charge in [0, 0.05) is 37.6 Å². The van der Waals surface area contributed by atoms with Crippen LogP contribution in [0.25, 0.3) is 10.4 Å². The molecule has 1 saturated heterocycles. The highest BCUT2D eigenvalue weighted by Gasteiger charge is 2.20. The lowest BCUT2D eigenvalue weighted by Crippen LogP contribution is -2.46. The third-order valence-corrected chi connectivity index (χ3v) is 3.41. The highest BCUT2D eigenvalue weighted by molar-refractivity contribution is 5.97. The number of nitrogens with zero attached hydrogens (tertiary/aromatic N) is 4. The SMILES string of the molecule is [N-]=[N+]=NCCOCCOc1ccccc1C(=O)N1CCNCC1. The van der Waals surface area contributed by atoms with Crippen molar-refractivity contribution in [3.63, 3.8) is 0 Å². The monoisotopic (exact) mass is 319 g/mol. The molecule has 1 aromatic carbocycles. The second-order valence-electron chi connectivity index (χ2n) is 4.95. The van der Waals surface area contributed by atoms with Gasteiger partial charge in [0.15, 0.2) is 0 Å². The first-order chi connectivity index (χ1) is 11.3. The van der Waals surface area contributed by atoms with Crippen molar-refractivity contribution < 1.29 is 14.3 Å². The summed E-state index contributed by atoms with van der Waals surface area (Å²) in [6, 6.07) is 7.24. The van der Waals surface area contributed by atoms with Gasteiger partial charge in [-0.05, 0) is 17.7 Å². The second kappa shape index (κ2) is 9.68. The minimum absolute atomic E-state index is 0.00799. The molecule has 1 aliphatic heterocycles. The van der Waals surface area contributed by atoms with Crippen molar-refractivity contribution in [3.05, 3.63) is 40.3 Å². The van der Waals surface area contributed by atoms with Crippen LogP contribution < -0.4 is 10.1 Å². The summed E-state index contributed by atoms with van der Waals surface area (Å²) in [6.07, 6.45) is 0. The Morgan fingerprint density at radius 1 is 1.26 bits per heavy atom. The third-order valence-electron chi connectivity index (χ3n) is 3.41. The predicted octanol–water partition coefficient (Wildman–Crippen LogP) is 1.44. The minimum atomic E-state index is -0.00799. The number of nitrogens with one attached hydrogen (secondary N) is 1. The zero-order valence-electron chi connectivity index (χ0n) is 13.0. The summed E-state index contributed by atoms with van der Waals surface area (Å²) in [7, 11) is 0. The molecule has 0 radical (unpaired) electrons. The van der Waals surface area contributed by atoms with E-state index in [1.807, 2.05) is 17.0 Å². The fraction of sp³-hybridized carbons (Fsp3) is 0.533. The normalized spacial score (nSPS) is 14.2. The van der Waals surface area contributed by atoms with E-state index >= 15 is 0 Å². The van der Waals surface area contributed by atoms with Gasteiger partial charge in [-0.15, -0.1) is 0 Å². The standard InChI is InChI=1S/C15H21N5O3/c16-19-18-7-10-22-11-12-23-14-4-2-1-3-13(14)15(21)20-8-5-17-6-9-20/h1-4,17H,5-12H2. The lowest BCUT2D eigenvalue weighted by atomic mass is 10.1. The molecule has 2 rings (SSSR count). The Morgan fingerprint density at radius 2 is 2.04 bits per heavy atom. The van der Waals surface area contributed by atoms with Crippen LogP contribution in [0.1, 0.15) is 10.4 Å². The molecule has 1 fully saturated rings. The van der Waals surface area contributed by atoms with Crippen molar-refractivity contribution in [2.24, 2.45) is 5.11 Å². The van der Waals surface area contributed by atoms with E-state index < -0.39 is 0 Å². The molecule has 1 aliphatic rings. The van der Waals surface area contributed by atoms with Gasteiger partial charge in [0.2, 0.25) is 0 Å². The number of benzene rings is 1. The van der Waals surface area contributed by atoms with Crippen LogP contribution in [-0.2, 0) is 4.74 Å². The molecule has 8 heteroatoms. The summed E-state index contributed by atoms with van der Waals surface area (Å²) in [6.45, 7) is 4.40. The van der Waals surface area contributed by atoms with E-state index in [0.717, 1.165) is 13.1 Å². The number of hydrogen-bond donors (Lipinski definition) is 1. The number of azide groups is 1. The molecule has 1 N–H and O–H groups in total. The van der Waals surface area contributed by atoms with Gasteiger partial charge in [-0.25, -0.2) is 0 Å². The lowest BCUT2D eigenvalue weighted by Gasteiger charge is -2.28. The molecule has 0 atom stereocenters. The van der Waals surface area contributed by atoms with Crippen molar-refractivity contribution >= 4 is 5.91 Å². The summed E-state index contributed by atoms with van der Waals surface area (Å²) in [4.78, 5) is 17.0. The number of carbonyl (C=O) groups is 1. The first-order valence-electron chi connectivity index (χ1n) is 7.63. The largest absolute Gasteiger partial charge is 0.490 e. The Kier molecular flexibility index (Phi) is 7.19. The highest BCUT2D eigenvalue weighted by Crippen LogP contribution is 2.20. The van der Waals surface area contributed by atoms with E-state index in [0.29, 0.717) is 50.8 Å². The molecule has 0 unspecified atom stereocenters. The lowest BCUT2D eigenvalue weighted by molar-refractivity contribution is 0.0725. The summed E-state index contributed by atoms with van der Waals surface area (Å²) >= 11 is 0. The second-order valence-corrected chi connectivity index (χ2v) is 4.95. The number of carbonyl (C=O) groups excluding carboxylic acids is 1. The molecule has 0 spiro atoms. The molecule has 0 bridgehead atoms. The summed E-state index contributed by atoms with van der Waals surface area (Å²) in [5.41, 5.74) is 8.72. The van der Waals surface area contributed by atoms with Gasteiger partial charge in [0.1, 0.15) is 12.4 Å². The minimum Gasteiger partial charge on any atom is -0.490 e. The number of ether oxygens (including phenoxy) is 2. The van der Waals surface area contributed by atoms with Crippen LogP contribution in [0.5, 0.6) is 5.75 Å². The van der Waals surface area contributed by atoms with E-state index in [9.17, 15) is 4.79 Å². The number of piperazine rings is 1. The number of rotatable bonds is 8. The Morgan fingerprint density at radius 3 is 2.83 bits per heavy atom. The van der Waals surface area contributed by atoms with Crippen molar-refractivity contribution in [2.75, 3.05) is 52.5 Å². The Hall–Kier alpha value is -2.28. The first-order valence-corrected chi connectivity index (χ1v) is 7.63. The molecule has 1 heterocycles. The highest BCUT2D eigenvalue weighted by atomic mass is 16.5. The van der Waals surface area contributed by atoms with Gasteiger partial charge < -0.3 is 19.7 Å². The molecule has 0 saturated carbocycles. The van der Waals surface area contributed by atoms with Crippen molar-refractivity contribution in [3.8, 4) is 5.75 Å². The Bertz CT molecular complexity index is 554. The maximum atomic E-state index is 12.6. The topological polar surface area (TPSA) is 99.6 Å². The fourth-order valence-electron chi connectivity index (χ4n) is 2.27. The summed E-state index contributed by atoms with van der Waals surface area (Å²) in [5, 5.41) is 6.60. The first kappa shape index (κ1) is 17.1. The quantitative estimate of drug-likeness (QED) is 0.339. The molecule has 1 aromatic rings. The molecule has 0 aromatic heterocycles. The molecule has 1 amide bonds. The molecule has 0 aliphatic carbocycles. The van der Waals surface area contributed by atoms with Gasteiger partial charge >= 0.3 is 0 Å². The van der Waals surface area contributed by atoms with E-state index in [1.54, 1.807) is 12.1 Å². The van der Waals surface area contributed by atoms with Crippen LogP contribution in [0.3, 0.4) is 0 Å². The smallest absolute Gasteiger partial charge is 0.257 e. The van der Waals surface area contributed by atoms with Gasteiger partial charge in [0.25, 0.3) is 5.91 Å². The van der Waals surface area contributed by atoms with Crippen molar-refractivity contribution in [1.82, 2.24) is 10.2 Å². The molecule has 124 valence electrons. The Labute approximate surface area is 135 Å².